The molecule has 2 unspecified atom stereocenters. The van der Waals surface area contributed by atoms with Crippen molar-refractivity contribution in [3.63, 3.8) is 0 Å². The molecule has 20 heavy (non-hydrogen) atoms. The van der Waals surface area contributed by atoms with Gasteiger partial charge in [-0.1, -0.05) is 0 Å². The molecule has 6 heteroatoms. The molecule has 2 aromatic carbocycles. The molecule has 0 bridgehead atoms. The Hall–Kier alpha value is 1.20. The fraction of sp³-hybridized carbons (Fsp3) is 0.143. The van der Waals surface area contributed by atoms with Gasteiger partial charge >= 0.3 is 150 Å². The van der Waals surface area contributed by atoms with E-state index in [0.717, 1.165) is 0 Å². The monoisotopic (exact) mass is 710 g/mol. The SMILES string of the molecule is [Cl][Au]=[S](CC[S](=[Au][Cl])c1ccccc1)c1ccccc1. The van der Waals surface area contributed by atoms with Crippen LogP contribution in [0.2, 0.25) is 0 Å². The average molecular weight is 711 g/mol. The molecule has 0 N–H and O–H groups in total. The van der Waals surface area contributed by atoms with Crippen LogP contribution >= 0.6 is 34.1 Å². The molecule has 2 aromatic rings. The van der Waals surface area contributed by atoms with Crippen molar-refractivity contribution in [1.82, 2.24) is 0 Å². The van der Waals surface area contributed by atoms with Gasteiger partial charge in [0.15, 0.2) is 0 Å². The maximum absolute atomic E-state index is 6.26. The third-order valence-corrected chi connectivity index (χ3v) is 19.2. The van der Waals surface area contributed by atoms with Gasteiger partial charge in [0.25, 0.3) is 0 Å². The summed E-state index contributed by atoms with van der Waals surface area (Å²) in [4.78, 5) is 2.82. The zero-order valence-corrected chi connectivity index (χ0v) is 17.8. The van der Waals surface area contributed by atoms with E-state index in [-0.39, 0.29) is 49.3 Å². The van der Waals surface area contributed by atoms with Crippen LogP contribution in [-0.2, 0) is 33.6 Å². The Kier molecular flexibility index (Phi) is 8.83. The predicted octanol–water partition coefficient (Wildman–Crippen LogP) is 5.95. The van der Waals surface area contributed by atoms with Gasteiger partial charge in [0, 0.05) is 0 Å². The van der Waals surface area contributed by atoms with Gasteiger partial charge in [0.05, 0.1) is 0 Å². The summed E-state index contributed by atoms with van der Waals surface area (Å²) < 4.78 is 0. The molecule has 0 aromatic heterocycles. The Bertz CT molecular complexity index is 546. The van der Waals surface area contributed by atoms with Crippen molar-refractivity contribution in [2.24, 2.45) is 0 Å². The van der Waals surface area contributed by atoms with E-state index in [0.29, 0.717) is 0 Å². The number of halogens is 2. The van der Waals surface area contributed by atoms with Crippen molar-refractivity contribution in [3.8, 4) is 0 Å². The molecule has 0 radical (unpaired) electrons. The minimum atomic E-state index is -0.159. The molecule has 2 rings (SSSR count). The molecule has 0 nitrogen and oxygen atoms in total. The Morgan fingerprint density at radius 2 is 1.00 bits per heavy atom. The Morgan fingerprint density at radius 3 is 1.30 bits per heavy atom. The van der Waals surface area contributed by atoms with Crippen LogP contribution in [0, 0.1) is 0 Å². The van der Waals surface area contributed by atoms with Gasteiger partial charge in [-0.3, -0.25) is 0 Å². The van der Waals surface area contributed by atoms with E-state index in [2.05, 4.69) is 60.7 Å². The summed E-state index contributed by atoms with van der Waals surface area (Å²) in [6, 6.07) is 21.4. The van der Waals surface area contributed by atoms with Crippen LogP contribution in [0.1, 0.15) is 0 Å². The molecule has 0 aliphatic heterocycles. The molecular weight excluding hydrogens is 697 g/mol. The zero-order chi connectivity index (χ0) is 14.2. The number of hydrogen-bond donors (Lipinski definition) is 0. The van der Waals surface area contributed by atoms with E-state index < -0.39 is 0 Å². The summed E-state index contributed by atoms with van der Waals surface area (Å²) in [5.41, 5.74) is 0. The molecule has 0 fully saturated rings. The molecule has 0 heterocycles. The van der Waals surface area contributed by atoms with Crippen LogP contribution in [0.5, 0.6) is 0 Å². The van der Waals surface area contributed by atoms with Crippen molar-refractivity contribution in [2.45, 2.75) is 9.79 Å². The second-order valence-electron chi connectivity index (χ2n) is 3.71. The van der Waals surface area contributed by atoms with Crippen LogP contribution in [0.25, 0.3) is 0 Å². The summed E-state index contributed by atoms with van der Waals surface area (Å²) in [7, 11) is 13.0. The number of rotatable bonds is 5. The normalized spacial score (nSPS) is 15.9. The van der Waals surface area contributed by atoms with Crippen LogP contribution in [0.3, 0.4) is 0 Å². The summed E-state index contributed by atoms with van der Waals surface area (Å²) in [5.74, 6) is 2.35. The third kappa shape index (κ3) is 5.44. The van der Waals surface area contributed by atoms with Crippen molar-refractivity contribution < 1.29 is 33.6 Å². The van der Waals surface area contributed by atoms with Crippen molar-refractivity contribution >= 4 is 34.1 Å². The Balaban J connectivity index is 2.07. The Labute approximate surface area is 148 Å². The standard InChI is InChI=1S/C14H14S2.2Au.2ClH/c1-3-7-13(8-4-1)15-11-12-16-14-9-5-2-6-10-14;;;;/h1-10H,11-12H2;;;2*1H/q;2*+1;;/p-2. The molecule has 118 valence electrons. The molecular formula is C14H14Au2Cl2S2. The van der Waals surface area contributed by atoms with E-state index >= 15 is 0 Å². The van der Waals surface area contributed by atoms with Gasteiger partial charge in [-0.05, 0) is 0 Å². The summed E-state index contributed by atoms with van der Waals surface area (Å²) in [5, 5.41) is 0. The second-order valence-corrected chi connectivity index (χ2v) is 19.8. The summed E-state index contributed by atoms with van der Waals surface area (Å²) in [6.45, 7) is 0. The predicted molar refractivity (Wildman–Crippen MR) is 86.0 cm³/mol. The minimum absolute atomic E-state index is 0.159. The van der Waals surface area contributed by atoms with Crippen molar-refractivity contribution in [1.29, 1.82) is 0 Å². The van der Waals surface area contributed by atoms with Crippen LogP contribution in [0.4, 0.5) is 0 Å². The number of benzene rings is 2. The van der Waals surface area contributed by atoms with Gasteiger partial charge in [-0.15, -0.1) is 0 Å². The van der Waals surface area contributed by atoms with Gasteiger partial charge < -0.3 is 0 Å². The second kappa shape index (κ2) is 10.1. The van der Waals surface area contributed by atoms with E-state index in [1.165, 1.54) is 21.3 Å². The van der Waals surface area contributed by atoms with E-state index in [9.17, 15) is 0 Å². The molecule has 0 spiro atoms. The van der Waals surface area contributed by atoms with E-state index in [1.54, 1.807) is 0 Å². The fourth-order valence-corrected chi connectivity index (χ4v) is 16.3. The van der Waals surface area contributed by atoms with E-state index in [4.69, 9.17) is 18.4 Å². The summed E-state index contributed by atoms with van der Waals surface area (Å²) >= 11 is -0.318. The maximum atomic E-state index is 6.26. The quantitative estimate of drug-likeness (QED) is 0.337. The average Bonchev–Trinajstić information content (AvgIpc) is 2.53. The molecule has 0 aliphatic carbocycles. The van der Waals surface area contributed by atoms with Gasteiger partial charge in [-0.2, -0.15) is 0 Å². The molecule has 0 aliphatic rings. The topological polar surface area (TPSA) is 0 Å². The third-order valence-electron chi connectivity index (χ3n) is 2.48. The Morgan fingerprint density at radius 1 is 0.650 bits per heavy atom. The van der Waals surface area contributed by atoms with Gasteiger partial charge in [0.1, 0.15) is 0 Å². The first-order chi connectivity index (χ1) is 9.85. The fourth-order valence-electron chi connectivity index (χ4n) is 1.59. The van der Waals surface area contributed by atoms with Crippen LogP contribution in [0.15, 0.2) is 70.5 Å². The van der Waals surface area contributed by atoms with Gasteiger partial charge in [-0.25, -0.2) is 0 Å². The van der Waals surface area contributed by atoms with E-state index in [1.807, 2.05) is 0 Å². The van der Waals surface area contributed by atoms with Crippen LogP contribution in [-0.4, -0.2) is 11.5 Å². The molecule has 0 saturated carbocycles. The van der Waals surface area contributed by atoms with Crippen molar-refractivity contribution in [3.05, 3.63) is 60.7 Å². The van der Waals surface area contributed by atoms with Crippen molar-refractivity contribution in [2.75, 3.05) is 11.5 Å². The first kappa shape index (κ1) is 17.6. The first-order valence-corrected chi connectivity index (χ1v) is 18.9. The van der Waals surface area contributed by atoms with Crippen LogP contribution < -0.4 is 0 Å². The molecule has 0 saturated heterocycles. The summed E-state index contributed by atoms with van der Waals surface area (Å²) in [6.07, 6.45) is 0. The zero-order valence-electron chi connectivity index (χ0n) is 10.4. The molecule has 2 atom stereocenters. The molecule has 0 amide bonds. The first-order valence-electron chi connectivity index (χ1n) is 5.78. The number of hydrogen-bond acceptors (Lipinski definition) is 0. The van der Waals surface area contributed by atoms with Gasteiger partial charge in [0.2, 0.25) is 0 Å².